The van der Waals surface area contributed by atoms with E-state index in [0.29, 0.717) is 13.0 Å². The van der Waals surface area contributed by atoms with Crippen molar-refractivity contribution in [3.63, 3.8) is 0 Å². The van der Waals surface area contributed by atoms with Crippen LogP contribution in [0.15, 0.2) is 0 Å². The molecule has 0 aromatic rings. The molecule has 1 rings (SSSR count). The van der Waals surface area contributed by atoms with Crippen molar-refractivity contribution in [3.8, 4) is 0 Å². The zero-order chi connectivity index (χ0) is 13.4. The third-order valence-corrected chi connectivity index (χ3v) is 3.50. The summed E-state index contributed by atoms with van der Waals surface area (Å²) >= 11 is 1.05. The maximum Gasteiger partial charge on any atom is 0.313 e. The molecule has 2 N–H and O–H groups in total. The largest absolute Gasteiger partial charge is 0.481 e. The van der Waals surface area contributed by atoms with Crippen molar-refractivity contribution in [3.05, 3.63) is 0 Å². The van der Waals surface area contributed by atoms with E-state index in [2.05, 4.69) is 5.32 Å². The molecule has 102 valence electrons. The van der Waals surface area contributed by atoms with Crippen LogP contribution in [0, 0.1) is 0 Å². The van der Waals surface area contributed by atoms with Crippen molar-refractivity contribution < 1.29 is 19.5 Å². The Balaban J connectivity index is 2.04. The highest BCUT2D eigenvalue weighted by Crippen LogP contribution is 2.08. The minimum atomic E-state index is -0.933. The van der Waals surface area contributed by atoms with Crippen LogP contribution < -0.4 is 5.32 Å². The first-order valence-electron chi connectivity index (χ1n) is 5.93. The van der Waals surface area contributed by atoms with E-state index in [0.717, 1.165) is 37.7 Å². The van der Waals surface area contributed by atoms with Crippen molar-refractivity contribution in [1.29, 1.82) is 0 Å². The Kier molecular flexibility index (Phi) is 6.56. The maximum absolute atomic E-state index is 11.6. The van der Waals surface area contributed by atoms with Gasteiger partial charge in [-0.3, -0.25) is 14.4 Å². The Labute approximate surface area is 110 Å². The molecular weight excluding hydrogens is 256 g/mol. The SMILES string of the molecule is O=C(O)CSCC(=O)NCCC(=O)N1CCCC1. The molecule has 6 nitrogen and oxygen atoms in total. The highest BCUT2D eigenvalue weighted by Gasteiger charge is 2.17. The quantitative estimate of drug-likeness (QED) is 0.679. The molecule has 2 amide bonds. The van der Waals surface area contributed by atoms with Gasteiger partial charge in [-0.05, 0) is 12.8 Å². The highest BCUT2D eigenvalue weighted by atomic mass is 32.2. The van der Waals surface area contributed by atoms with Crippen molar-refractivity contribution in [2.24, 2.45) is 0 Å². The number of likely N-dealkylation sites (tertiary alicyclic amines) is 1. The van der Waals surface area contributed by atoms with E-state index in [1.165, 1.54) is 0 Å². The summed E-state index contributed by atoms with van der Waals surface area (Å²) < 4.78 is 0. The number of carboxylic acid groups (broad SMARTS) is 1. The Morgan fingerprint density at radius 3 is 2.44 bits per heavy atom. The van der Waals surface area contributed by atoms with Gasteiger partial charge in [-0.2, -0.15) is 0 Å². The molecular formula is C11H18N2O4S. The molecule has 0 spiro atoms. The van der Waals surface area contributed by atoms with Crippen LogP contribution in [0.5, 0.6) is 0 Å². The van der Waals surface area contributed by atoms with E-state index in [1.54, 1.807) is 0 Å². The van der Waals surface area contributed by atoms with E-state index < -0.39 is 5.97 Å². The average Bonchev–Trinajstić information content (AvgIpc) is 2.81. The van der Waals surface area contributed by atoms with E-state index in [1.807, 2.05) is 4.90 Å². The number of rotatable bonds is 7. The molecule has 18 heavy (non-hydrogen) atoms. The first-order chi connectivity index (χ1) is 8.59. The molecule has 0 aromatic heterocycles. The number of aliphatic carboxylic acids is 1. The van der Waals surface area contributed by atoms with Crippen LogP contribution in [0.2, 0.25) is 0 Å². The van der Waals surface area contributed by atoms with Crippen LogP contribution in [0.3, 0.4) is 0 Å². The molecule has 0 aliphatic carbocycles. The molecule has 1 saturated heterocycles. The van der Waals surface area contributed by atoms with Gasteiger partial charge in [-0.15, -0.1) is 11.8 Å². The van der Waals surface area contributed by atoms with E-state index in [-0.39, 0.29) is 23.3 Å². The minimum Gasteiger partial charge on any atom is -0.481 e. The maximum atomic E-state index is 11.6. The molecule has 1 heterocycles. The number of nitrogens with zero attached hydrogens (tertiary/aromatic N) is 1. The number of hydrogen-bond donors (Lipinski definition) is 2. The summed E-state index contributed by atoms with van der Waals surface area (Å²) in [5.74, 6) is -1.05. The Bertz CT molecular complexity index is 316. The van der Waals surface area contributed by atoms with Crippen molar-refractivity contribution in [2.75, 3.05) is 31.1 Å². The molecule has 0 saturated carbocycles. The van der Waals surface area contributed by atoms with Gasteiger partial charge in [0, 0.05) is 26.1 Å². The fourth-order valence-corrected chi connectivity index (χ4v) is 2.28. The van der Waals surface area contributed by atoms with E-state index >= 15 is 0 Å². The number of carbonyl (C=O) groups excluding carboxylic acids is 2. The Morgan fingerprint density at radius 2 is 1.83 bits per heavy atom. The van der Waals surface area contributed by atoms with Crippen LogP contribution in [0.4, 0.5) is 0 Å². The van der Waals surface area contributed by atoms with E-state index in [9.17, 15) is 14.4 Å². The topological polar surface area (TPSA) is 86.7 Å². The predicted octanol–water partition coefficient (Wildman–Crippen LogP) is -0.0671. The molecule has 1 aliphatic rings. The van der Waals surface area contributed by atoms with Crippen LogP contribution >= 0.6 is 11.8 Å². The Hall–Kier alpha value is -1.24. The molecule has 0 bridgehead atoms. The van der Waals surface area contributed by atoms with Gasteiger partial charge in [0.1, 0.15) is 0 Å². The predicted molar refractivity (Wildman–Crippen MR) is 68.4 cm³/mol. The molecule has 0 radical (unpaired) electrons. The zero-order valence-electron chi connectivity index (χ0n) is 10.2. The Morgan fingerprint density at radius 1 is 1.17 bits per heavy atom. The molecule has 0 atom stereocenters. The highest BCUT2D eigenvalue weighted by molar-refractivity contribution is 8.00. The second-order valence-corrected chi connectivity index (χ2v) is 5.06. The summed E-state index contributed by atoms with van der Waals surface area (Å²) in [4.78, 5) is 34.9. The standard InChI is InChI=1S/C11H18N2O4S/c14-9(7-18-8-11(16)17)12-4-3-10(15)13-5-1-2-6-13/h1-8H2,(H,12,14)(H,16,17). The summed E-state index contributed by atoms with van der Waals surface area (Å²) in [5, 5.41) is 11.0. The summed E-state index contributed by atoms with van der Waals surface area (Å²) in [7, 11) is 0. The zero-order valence-corrected chi connectivity index (χ0v) is 11.0. The number of thioether (sulfide) groups is 1. The average molecular weight is 274 g/mol. The lowest BCUT2D eigenvalue weighted by Crippen LogP contribution is -2.33. The molecule has 1 aliphatic heterocycles. The van der Waals surface area contributed by atoms with Crippen LogP contribution in [-0.4, -0.2) is 58.9 Å². The molecule has 0 unspecified atom stereocenters. The first-order valence-corrected chi connectivity index (χ1v) is 7.09. The summed E-state index contributed by atoms with van der Waals surface area (Å²) in [5.41, 5.74) is 0. The van der Waals surface area contributed by atoms with Gasteiger partial charge in [-0.25, -0.2) is 0 Å². The lowest BCUT2D eigenvalue weighted by Gasteiger charge is -2.15. The monoisotopic (exact) mass is 274 g/mol. The molecule has 7 heteroatoms. The van der Waals surface area contributed by atoms with Crippen molar-refractivity contribution in [2.45, 2.75) is 19.3 Å². The molecule has 0 aromatic carbocycles. The van der Waals surface area contributed by atoms with Gasteiger partial charge in [-0.1, -0.05) is 0 Å². The fourth-order valence-electron chi connectivity index (χ4n) is 1.72. The second-order valence-electron chi connectivity index (χ2n) is 4.07. The van der Waals surface area contributed by atoms with Gasteiger partial charge in [0.05, 0.1) is 11.5 Å². The smallest absolute Gasteiger partial charge is 0.313 e. The van der Waals surface area contributed by atoms with Crippen LogP contribution in [-0.2, 0) is 14.4 Å². The normalized spacial score (nSPS) is 14.6. The van der Waals surface area contributed by atoms with Crippen molar-refractivity contribution in [1.82, 2.24) is 10.2 Å². The van der Waals surface area contributed by atoms with Gasteiger partial charge in [0.2, 0.25) is 11.8 Å². The lowest BCUT2D eigenvalue weighted by molar-refractivity contribution is -0.134. The molecule has 1 fully saturated rings. The van der Waals surface area contributed by atoms with Gasteiger partial charge >= 0.3 is 5.97 Å². The van der Waals surface area contributed by atoms with Gasteiger partial charge in [0.15, 0.2) is 0 Å². The number of carbonyl (C=O) groups is 3. The third-order valence-electron chi connectivity index (χ3n) is 2.58. The second kappa shape index (κ2) is 7.97. The van der Waals surface area contributed by atoms with E-state index in [4.69, 9.17) is 5.11 Å². The summed E-state index contributed by atoms with van der Waals surface area (Å²) in [6.45, 7) is 1.96. The van der Waals surface area contributed by atoms with Crippen molar-refractivity contribution >= 4 is 29.5 Å². The number of carboxylic acids is 1. The van der Waals surface area contributed by atoms with Gasteiger partial charge < -0.3 is 15.3 Å². The number of nitrogens with one attached hydrogen (secondary N) is 1. The lowest BCUT2D eigenvalue weighted by atomic mass is 10.3. The fraction of sp³-hybridized carbons (Fsp3) is 0.727. The van der Waals surface area contributed by atoms with Gasteiger partial charge in [0.25, 0.3) is 0 Å². The summed E-state index contributed by atoms with van der Waals surface area (Å²) in [6.07, 6.45) is 2.43. The number of amides is 2. The minimum absolute atomic E-state index is 0.0750. The summed E-state index contributed by atoms with van der Waals surface area (Å²) in [6, 6.07) is 0. The first kappa shape index (κ1) is 14.8. The van der Waals surface area contributed by atoms with Crippen LogP contribution in [0.1, 0.15) is 19.3 Å². The van der Waals surface area contributed by atoms with Crippen LogP contribution in [0.25, 0.3) is 0 Å². The number of hydrogen-bond acceptors (Lipinski definition) is 4. The third kappa shape index (κ3) is 5.90.